The van der Waals surface area contributed by atoms with Gasteiger partial charge >= 0.3 is 0 Å². The number of benzene rings is 1. The van der Waals surface area contributed by atoms with Gasteiger partial charge in [-0.1, -0.05) is 43.5 Å². The van der Waals surface area contributed by atoms with Crippen molar-refractivity contribution in [3.8, 4) is 0 Å². The quantitative estimate of drug-likeness (QED) is 0.413. The van der Waals surface area contributed by atoms with Crippen molar-refractivity contribution >= 4 is 11.7 Å². The fourth-order valence-electron chi connectivity index (χ4n) is 3.34. The molecular weight excluding hydrogens is 379 g/mol. The van der Waals surface area contributed by atoms with Crippen LogP contribution in [0.2, 0.25) is 0 Å². The summed E-state index contributed by atoms with van der Waals surface area (Å²) >= 11 is 0. The van der Waals surface area contributed by atoms with Crippen LogP contribution in [0.15, 0.2) is 48.7 Å². The maximum absolute atomic E-state index is 14.1. The number of carbonyl (C=O) groups is 1. The van der Waals surface area contributed by atoms with E-state index in [2.05, 4.69) is 10.3 Å². The van der Waals surface area contributed by atoms with E-state index in [9.17, 15) is 9.18 Å². The van der Waals surface area contributed by atoms with Gasteiger partial charge in [0.1, 0.15) is 11.6 Å². The summed E-state index contributed by atoms with van der Waals surface area (Å²) in [4.78, 5) is 18.8. The number of nitrogens with one attached hydrogen (secondary N) is 1. The van der Waals surface area contributed by atoms with Crippen molar-refractivity contribution in [3.63, 3.8) is 0 Å². The third kappa shape index (κ3) is 9.35. The summed E-state index contributed by atoms with van der Waals surface area (Å²) in [5, 5.41) is 3.31. The molecule has 1 aromatic heterocycles. The van der Waals surface area contributed by atoms with Crippen LogP contribution in [-0.2, 0) is 11.3 Å². The molecule has 164 valence electrons. The van der Waals surface area contributed by atoms with Crippen LogP contribution in [0.25, 0.3) is 0 Å². The fraction of sp³-hybridized carbons (Fsp3) is 0.500. The van der Waals surface area contributed by atoms with E-state index in [0.717, 1.165) is 57.3 Å². The molecule has 1 aromatic carbocycles. The number of hydrogen-bond acceptors (Lipinski definition) is 4. The van der Waals surface area contributed by atoms with E-state index in [4.69, 9.17) is 5.73 Å². The van der Waals surface area contributed by atoms with E-state index in [1.54, 1.807) is 18.3 Å². The first-order chi connectivity index (χ1) is 14.7. The highest BCUT2D eigenvalue weighted by atomic mass is 19.1. The SMILES string of the molecule is NCCCCCC(=O)N(CCCCCCNc1ccccn1)Cc1ccccc1F. The van der Waals surface area contributed by atoms with Crippen molar-refractivity contribution in [1.29, 1.82) is 0 Å². The molecule has 1 amide bonds. The summed E-state index contributed by atoms with van der Waals surface area (Å²) in [5.41, 5.74) is 6.10. The number of unbranched alkanes of at least 4 members (excludes halogenated alkanes) is 5. The Kier molecular flexibility index (Phi) is 11.5. The molecule has 0 fully saturated rings. The minimum atomic E-state index is -0.251. The lowest BCUT2D eigenvalue weighted by Crippen LogP contribution is -2.31. The molecule has 0 saturated carbocycles. The average molecular weight is 415 g/mol. The van der Waals surface area contributed by atoms with Crippen LogP contribution >= 0.6 is 0 Å². The van der Waals surface area contributed by atoms with Crippen LogP contribution in [0, 0.1) is 5.82 Å². The van der Waals surface area contributed by atoms with Crippen LogP contribution in [0.1, 0.15) is 56.9 Å². The van der Waals surface area contributed by atoms with Crippen molar-refractivity contribution in [2.45, 2.75) is 57.9 Å². The standard InChI is InChI=1S/C24H35FN4O/c25-22-13-6-5-12-21(22)20-29(24(30)15-4-3-8-16-26)19-11-2-1-9-17-27-23-14-7-10-18-28-23/h5-7,10,12-14,18H,1-4,8-9,11,15-17,19-20,26H2,(H,27,28). The lowest BCUT2D eigenvalue weighted by molar-refractivity contribution is -0.132. The van der Waals surface area contributed by atoms with Gasteiger partial charge in [-0.2, -0.15) is 0 Å². The van der Waals surface area contributed by atoms with Crippen LogP contribution < -0.4 is 11.1 Å². The predicted molar refractivity (Wildman–Crippen MR) is 121 cm³/mol. The van der Waals surface area contributed by atoms with E-state index < -0.39 is 0 Å². The molecule has 0 unspecified atom stereocenters. The molecule has 0 radical (unpaired) electrons. The Morgan fingerprint density at radius 1 is 0.967 bits per heavy atom. The van der Waals surface area contributed by atoms with Crippen molar-refractivity contribution in [2.24, 2.45) is 5.73 Å². The third-order valence-electron chi connectivity index (χ3n) is 5.09. The van der Waals surface area contributed by atoms with E-state index in [1.807, 2.05) is 29.2 Å². The predicted octanol–water partition coefficient (Wildman–Crippen LogP) is 4.74. The van der Waals surface area contributed by atoms with Crippen molar-refractivity contribution in [2.75, 3.05) is 25.0 Å². The number of aromatic nitrogens is 1. The van der Waals surface area contributed by atoms with Gasteiger partial charge in [-0.25, -0.2) is 9.37 Å². The van der Waals surface area contributed by atoms with E-state index >= 15 is 0 Å². The summed E-state index contributed by atoms with van der Waals surface area (Å²) in [6, 6.07) is 12.5. The molecule has 3 N–H and O–H groups in total. The highest BCUT2D eigenvalue weighted by molar-refractivity contribution is 5.76. The number of hydrogen-bond donors (Lipinski definition) is 2. The highest BCUT2D eigenvalue weighted by Gasteiger charge is 2.15. The van der Waals surface area contributed by atoms with E-state index in [-0.39, 0.29) is 11.7 Å². The second kappa shape index (κ2) is 14.5. The Hall–Kier alpha value is -2.47. The second-order valence-corrected chi connectivity index (χ2v) is 7.56. The topological polar surface area (TPSA) is 71.2 Å². The molecule has 0 bridgehead atoms. The monoisotopic (exact) mass is 414 g/mol. The van der Waals surface area contributed by atoms with Gasteiger partial charge in [0, 0.05) is 37.8 Å². The van der Waals surface area contributed by atoms with Crippen LogP contribution in [0.4, 0.5) is 10.2 Å². The summed E-state index contributed by atoms with van der Waals surface area (Å²) in [6.07, 6.45) is 9.11. The summed E-state index contributed by atoms with van der Waals surface area (Å²) < 4.78 is 14.1. The van der Waals surface area contributed by atoms with Crippen LogP contribution in [0.5, 0.6) is 0 Å². The number of rotatable bonds is 15. The zero-order valence-corrected chi connectivity index (χ0v) is 17.9. The molecule has 0 atom stereocenters. The maximum Gasteiger partial charge on any atom is 0.222 e. The zero-order valence-electron chi connectivity index (χ0n) is 17.9. The Morgan fingerprint density at radius 3 is 2.50 bits per heavy atom. The first-order valence-corrected chi connectivity index (χ1v) is 11.1. The Balaban J connectivity index is 1.73. The molecule has 6 heteroatoms. The number of amides is 1. The lowest BCUT2D eigenvalue weighted by Gasteiger charge is -2.23. The Morgan fingerprint density at radius 2 is 1.73 bits per heavy atom. The molecule has 5 nitrogen and oxygen atoms in total. The zero-order chi connectivity index (χ0) is 21.4. The molecule has 0 aliphatic heterocycles. The molecule has 0 spiro atoms. The number of nitrogens with zero attached hydrogens (tertiary/aromatic N) is 2. The van der Waals surface area contributed by atoms with Gasteiger partial charge in [0.05, 0.1) is 0 Å². The smallest absolute Gasteiger partial charge is 0.222 e. The molecule has 2 aromatic rings. The Bertz CT molecular complexity index is 726. The minimum Gasteiger partial charge on any atom is -0.370 e. The normalized spacial score (nSPS) is 10.7. The van der Waals surface area contributed by atoms with Gasteiger partial charge in [-0.05, 0) is 50.4 Å². The van der Waals surface area contributed by atoms with Gasteiger partial charge in [0.15, 0.2) is 0 Å². The number of anilines is 1. The average Bonchev–Trinajstić information content (AvgIpc) is 2.77. The van der Waals surface area contributed by atoms with Gasteiger partial charge < -0.3 is 16.0 Å². The van der Waals surface area contributed by atoms with Crippen molar-refractivity contribution in [1.82, 2.24) is 9.88 Å². The van der Waals surface area contributed by atoms with Gasteiger partial charge in [-0.15, -0.1) is 0 Å². The number of pyridine rings is 1. The molecule has 0 saturated heterocycles. The first kappa shape index (κ1) is 23.8. The van der Waals surface area contributed by atoms with Gasteiger partial charge in [-0.3, -0.25) is 4.79 Å². The van der Waals surface area contributed by atoms with E-state index in [0.29, 0.717) is 31.6 Å². The van der Waals surface area contributed by atoms with Crippen molar-refractivity contribution < 1.29 is 9.18 Å². The van der Waals surface area contributed by atoms with Crippen LogP contribution in [-0.4, -0.2) is 35.4 Å². The molecule has 0 aliphatic carbocycles. The van der Waals surface area contributed by atoms with Gasteiger partial charge in [0.2, 0.25) is 5.91 Å². The Labute approximate surface area is 179 Å². The maximum atomic E-state index is 14.1. The first-order valence-electron chi connectivity index (χ1n) is 11.1. The summed E-state index contributed by atoms with van der Waals surface area (Å²) in [5.74, 6) is 0.750. The van der Waals surface area contributed by atoms with Crippen molar-refractivity contribution in [3.05, 3.63) is 60.0 Å². The second-order valence-electron chi connectivity index (χ2n) is 7.56. The molecule has 0 aliphatic rings. The van der Waals surface area contributed by atoms with E-state index in [1.165, 1.54) is 6.07 Å². The lowest BCUT2D eigenvalue weighted by atomic mass is 10.1. The minimum absolute atomic E-state index is 0.104. The summed E-state index contributed by atoms with van der Waals surface area (Å²) in [7, 11) is 0. The molecule has 2 rings (SSSR count). The number of halogens is 1. The molecule has 1 heterocycles. The van der Waals surface area contributed by atoms with Gasteiger partial charge in [0.25, 0.3) is 0 Å². The third-order valence-corrected chi connectivity index (χ3v) is 5.09. The number of nitrogens with two attached hydrogens (primary N) is 1. The molecule has 30 heavy (non-hydrogen) atoms. The largest absolute Gasteiger partial charge is 0.370 e. The summed E-state index contributed by atoms with van der Waals surface area (Å²) in [6.45, 7) is 2.54. The molecular formula is C24H35FN4O. The number of carbonyl (C=O) groups excluding carboxylic acids is 1. The van der Waals surface area contributed by atoms with Crippen LogP contribution in [0.3, 0.4) is 0 Å². The highest BCUT2D eigenvalue weighted by Crippen LogP contribution is 2.14. The fourth-order valence-corrected chi connectivity index (χ4v) is 3.34.